The molecule has 0 bridgehead atoms. The van der Waals surface area contributed by atoms with Crippen molar-refractivity contribution in [3.05, 3.63) is 0 Å². The highest BCUT2D eigenvalue weighted by Crippen LogP contribution is 2.01. The summed E-state index contributed by atoms with van der Waals surface area (Å²) in [5.41, 5.74) is 0. The summed E-state index contributed by atoms with van der Waals surface area (Å²) in [5.74, 6) is 0. The van der Waals surface area contributed by atoms with Gasteiger partial charge in [0.25, 0.3) is 0 Å². The van der Waals surface area contributed by atoms with Crippen molar-refractivity contribution in [2.75, 3.05) is 39.9 Å². The topological polar surface area (TPSA) is 15.7 Å². The van der Waals surface area contributed by atoms with Crippen molar-refractivity contribution in [3.63, 3.8) is 0 Å². The van der Waals surface area contributed by atoms with Crippen LogP contribution in [0.5, 0.6) is 0 Å². The lowest BCUT2D eigenvalue weighted by Gasteiger charge is -2.33. The Morgan fingerprint density at radius 1 is 1.50 bits per heavy atom. The van der Waals surface area contributed by atoms with Crippen molar-refractivity contribution >= 4 is 17.3 Å². The van der Waals surface area contributed by atoms with E-state index in [0.29, 0.717) is 0 Å². The van der Waals surface area contributed by atoms with Gasteiger partial charge in [-0.05, 0) is 19.1 Å². The number of hydrogen-bond donors (Lipinski definition) is 0. The fourth-order valence-electron chi connectivity index (χ4n) is 1.13. The number of thiocarbonyl (C=S) groups is 1. The molecule has 0 amide bonds. The van der Waals surface area contributed by atoms with Crippen molar-refractivity contribution in [2.45, 2.75) is 6.92 Å². The minimum atomic E-state index is 0.803. The summed E-state index contributed by atoms with van der Waals surface area (Å²) in [6.07, 6.45) is 0. The maximum atomic E-state index is 5.29. The second-order valence-electron chi connectivity index (χ2n) is 2.90. The molecule has 12 heavy (non-hydrogen) atoms. The summed E-state index contributed by atoms with van der Waals surface area (Å²) in [5, 5.41) is 0.945. The third kappa shape index (κ3) is 2.32. The van der Waals surface area contributed by atoms with Crippen LogP contribution < -0.4 is 0 Å². The van der Waals surface area contributed by atoms with E-state index in [1.807, 2.05) is 7.05 Å². The van der Waals surface area contributed by atoms with Gasteiger partial charge in [-0.1, -0.05) is 0 Å². The van der Waals surface area contributed by atoms with Crippen LogP contribution in [0.3, 0.4) is 0 Å². The molecule has 1 heterocycles. The molecule has 0 unspecified atom stereocenters. The summed E-state index contributed by atoms with van der Waals surface area (Å²) in [6.45, 7) is 6.55. The Morgan fingerprint density at radius 2 is 2.08 bits per heavy atom. The van der Waals surface area contributed by atoms with Crippen molar-refractivity contribution in [3.8, 4) is 0 Å². The molecule has 70 valence electrons. The van der Waals surface area contributed by atoms with Crippen molar-refractivity contribution in [2.24, 2.45) is 0 Å². The Labute approximate surface area is 79.3 Å². The lowest BCUT2D eigenvalue weighted by atomic mass is 10.4. The third-order valence-electron chi connectivity index (χ3n) is 2.08. The first-order valence-corrected chi connectivity index (χ1v) is 4.74. The fourth-order valence-corrected chi connectivity index (χ4v) is 1.44. The number of nitrogens with zero attached hydrogens (tertiary/aromatic N) is 2. The van der Waals surface area contributed by atoms with Gasteiger partial charge in [-0.15, -0.1) is 0 Å². The smallest absolute Gasteiger partial charge is 0.171 e. The molecule has 0 aromatic heterocycles. The zero-order chi connectivity index (χ0) is 8.97. The molecule has 1 rings (SSSR count). The normalized spacial score (nSPS) is 17.7. The van der Waals surface area contributed by atoms with Gasteiger partial charge in [0.15, 0.2) is 5.11 Å². The molecule has 3 nitrogen and oxygen atoms in total. The molecular formula is C8H16N2OS. The Kier molecular flexibility index (Phi) is 3.75. The van der Waals surface area contributed by atoms with Crippen LogP contribution in [0, 0.1) is 0 Å². The molecule has 1 saturated heterocycles. The van der Waals surface area contributed by atoms with Gasteiger partial charge >= 0.3 is 0 Å². The third-order valence-corrected chi connectivity index (χ3v) is 2.65. The zero-order valence-corrected chi connectivity index (χ0v) is 8.56. The van der Waals surface area contributed by atoms with Gasteiger partial charge in [-0.25, -0.2) is 0 Å². The summed E-state index contributed by atoms with van der Waals surface area (Å²) in [7, 11) is 2.03. The average molecular weight is 188 g/mol. The minimum absolute atomic E-state index is 0.803. The van der Waals surface area contributed by atoms with Crippen molar-refractivity contribution in [1.82, 2.24) is 9.80 Å². The molecule has 0 spiro atoms. The Bertz CT molecular complexity index is 157. The predicted octanol–water partition coefficient (Wildman–Crippen LogP) is 0.555. The van der Waals surface area contributed by atoms with E-state index in [-0.39, 0.29) is 0 Å². The molecule has 0 aromatic carbocycles. The lowest BCUT2D eigenvalue weighted by molar-refractivity contribution is 0.0647. The van der Waals surface area contributed by atoms with Crippen molar-refractivity contribution in [1.29, 1.82) is 0 Å². The standard InChI is InChI=1S/C8H16N2OS/c1-3-9(2)8(12)10-4-6-11-7-5-10/h3-7H2,1-2H3. The number of rotatable bonds is 1. The van der Waals surface area contributed by atoms with E-state index in [9.17, 15) is 0 Å². The van der Waals surface area contributed by atoms with Crippen LogP contribution in [-0.4, -0.2) is 54.8 Å². The van der Waals surface area contributed by atoms with Gasteiger partial charge in [0, 0.05) is 26.7 Å². The van der Waals surface area contributed by atoms with Gasteiger partial charge in [0.2, 0.25) is 0 Å². The predicted molar refractivity (Wildman–Crippen MR) is 53.3 cm³/mol. The first-order valence-electron chi connectivity index (χ1n) is 4.33. The van der Waals surface area contributed by atoms with Crippen LogP contribution in [0.15, 0.2) is 0 Å². The number of morpholine rings is 1. The van der Waals surface area contributed by atoms with Gasteiger partial charge in [-0.3, -0.25) is 0 Å². The monoisotopic (exact) mass is 188 g/mol. The molecule has 0 atom stereocenters. The highest BCUT2D eigenvalue weighted by Gasteiger charge is 2.15. The molecule has 4 heteroatoms. The van der Waals surface area contributed by atoms with E-state index < -0.39 is 0 Å². The maximum Gasteiger partial charge on any atom is 0.171 e. The van der Waals surface area contributed by atoms with Crippen LogP contribution in [0.25, 0.3) is 0 Å². The molecule has 0 radical (unpaired) electrons. The van der Waals surface area contributed by atoms with Gasteiger partial charge in [0.1, 0.15) is 0 Å². The maximum absolute atomic E-state index is 5.29. The minimum Gasteiger partial charge on any atom is -0.378 e. The van der Waals surface area contributed by atoms with Gasteiger partial charge in [-0.2, -0.15) is 0 Å². The summed E-state index contributed by atoms with van der Waals surface area (Å²) >= 11 is 5.29. The molecule has 1 aliphatic rings. The van der Waals surface area contributed by atoms with Crippen LogP contribution in [0.4, 0.5) is 0 Å². The number of ether oxygens (including phenoxy) is 1. The molecule has 1 fully saturated rings. The molecule has 0 saturated carbocycles. The summed E-state index contributed by atoms with van der Waals surface area (Å²) in [6, 6.07) is 0. The van der Waals surface area contributed by atoms with E-state index in [0.717, 1.165) is 38.0 Å². The largest absolute Gasteiger partial charge is 0.378 e. The quantitative estimate of drug-likeness (QED) is 0.558. The van der Waals surface area contributed by atoms with E-state index in [1.165, 1.54) is 0 Å². The highest BCUT2D eigenvalue weighted by atomic mass is 32.1. The zero-order valence-electron chi connectivity index (χ0n) is 7.75. The van der Waals surface area contributed by atoms with Gasteiger partial charge < -0.3 is 14.5 Å². The summed E-state index contributed by atoms with van der Waals surface area (Å²) in [4.78, 5) is 4.28. The number of hydrogen-bond acceptors (Lipinski definition) is 2. The second kappa shape index (κ2) is 4.62. The first kappa shape index (κ1) is 9.74. The molecule has 0 aliphatic carbocycles. The summed E-state index contributed by atoms with van der Waals surface area (Å²) < 4.78 is 5.24. The lowest BCUT2D eigenvalue weighted by Crippen LogP contribution is -2.46. The second-order valence-corrected chi connectivity index (χ2v) is 3.26. The highest BCUT2D eigenvalue weighted by molar-refractivity contribution is 7.80. The van der Waals surface area contributed by atoms with Crippen LogP contribution >= 0.6 is 12.2 Å². The van der Waals surface area contributed by atoms with Crippen LogP contribution in [0.1, 0.15) is 6.92 Å². The van der Waals surface area contributed by atoms with E-state index >= 15 is 0 Å². The van der Waals surface area contributed by atoms with E-state index in [1.54, 1.807) is 0 Å². The Morgan fingerprint density at radius 3 is 2.58 bits per heavy atom. The molecule has 1 aliphatic heterocycles. The molecular weight excluding hydrogens is 172 g/mol. The molecule has 0 N–H and O–H groups in total. The SMILES string of the molecule is CCN(C)C(=S)N1CCOCC1. The Balaban J connectivity index is 2.39. The average Bonchev–Trinajstić information content (AvgIpc) is 2.17. The van der Waals surface area contributed by atoms with Crippen LogP contribution in [-0.2, 0) is 4.74 Å². The Hall–Kier alpha value is -0.350. The first-order chi connectivity index (χ1) is 5.75. The van der Waals surface area contributed by atoms with E-state index in [2.05, 4.69) is 16.7 Å². The van der Waals surface area contributed by atoms with E-state index in [4.69, 9.17) is 17.0 Å². The molecule has 0 aromatic rings. The van der Waals surface area contributed by atoms with Crippen molar-refractivity contribution < 1.29 is 4.74 Å². The fraction of sp³-hybridized carbons (Fsp3) is 0.875. The van der Waals surface area contributed by atoms with Crippen LogP contribution in [0.2, 0.25) is 0 Å². The van der Waals surface area contributed by atoms with Gasteiger partial charge in [0.05, 0.1) is 13.2 Å².